The van der Waals surface area contributed by atoms with Gasteiger partial charge in [-0.15, -0.1) is 0 Å². The average Bonchev–Trinajstić information content (AvgIpc) is 3.17. The smallest absolute Gasteiger partial charge is 0.332 e. The van der Waals surface area contributed by atoms with Crippen LogP contribution in [-0.2, 0) is 35.7 Å². The van der Waals surface area contributed by atoms with Crippen LogP contribution in [0.4, 0.5) is 10.5 Å². The van der Waals surface area contributed by atoms with Crippen molar-refractivity contribution in [2.45, 2.75) is 63.2 Å². The molecule has 0 atom stereocenters. The summed E-state index contributed by atoms with van der Waals surface area (Å²) in [5.74, 6) is 0. The van der Waals surface area contributed by atoms with Gasteiger partial charge in [0.25, 0.3) is 0 Å². The van der Waals surface area contributed by atoms with Crippen LogP contribution in [0.2, 0.25) is 0 Å². The van der Waals surface area contributed by atoms with Gasteiger partial charge in [0.2, 0.25) is 10.0 Å². The fourth-order valence-electron chi connectivity index (χ4n) is 4.71. The van der Waals surface area contributed by atoms with Crippen LogP contribution in [0.1, 0.15) is 48.9 Å². The molecule has 3 aliphatic rings. The van der Waals surface area contributed by atoms with Gasteiger partial charge < -0.3 is 10.4 Å². The molecule has 0 bridgehead atoms. The van der Waals surface area contributed by atoms with E-state index in [9.17, 15) is 18.3 Å². The van der Waals surface area contributed by atoms with Crippen molar-refractivity contribution in [2.75, 3.05) is 25.0 Å². The Morgan fingerprint density at radius 2 is 1.69 bits per heavy atom. The third-order valence-electron chi connectivity index (χ3n) is 5.92. The van der Waals surface area contributed by atoms with Gasteiger partial charge in [0.1, 0.15) is 5.25 Å². The Hall–Kier alpha value is -0.00364. The summed E-state index contributed by atoms with van der Waals surface area (Å²) in [6.45, 7) is 4.44. The number of likely N-dealkylation sites (tertiary alicyclic amines) is 1. The van der Waals surface area contributed by atoms with Gasteiger partial charge in [-0.3, -0.25) is 4.90 Å². The van der Waals surface area contributed by atoms with E-state index in [-0.39, 0.29) is 51.4 Å². The Kier molecular flexibility index (Phi) is 7.22. The summed E-state index contributed by atoms with van der Waals surface area (Å²) in [5.41, 5.74) is 4.90. The number of nitrogens with one attached hydrogen (secondary N) is 2. The molecule has 0 unspecified atom stereocenters. The van der Waals surface area contributed by atoms with E-state index in [2.05, 4.69) is 16.1 Å². The maximum atomic E-state index is 12.5. The van der Waals surface area contributed by atoms with Crippen LogP contribution in [0.15, 0.2) is 6.07 Å². The molecular weight excluding hydrogens is 417 g/mol. The molecule has 3 N–H and O–H groups in total. The van der Waals surface area contributed by atoms with E-state index >= 15 is 0 Å². The third kappa shape index (κ3) is 5.26. The number of hydrogen-bond donors (Lipinski definition) is 3. The largest absolute Gasteiger partial charge is 0.389 e. The first-order chi connectivity index (χ1) is 13.1. The van der Waals surface area contributed by atoms with E-state index < -0.39 is 26.9 Å². The fraction of sp³-hybridized carbons (Fsp3) is 0.650. The van der Waals surface area contributed by atoms with E-state index in [1.807, 2.05) is 4.90 Å². The first kappa shape index (κ1) is 23.7. The van der Waals surface area contributed by atoms with Crippen molar-refractivity contribution in [1.29, 1.82) is 0 Å². The summed E-state index contributed by atoms with van der Waals surface area (Å²) in [5, 5.41) is 12.1. The molecule has 155 valence electrons. The van der Waals surface area contributed by atoms with Crippen molar-refractivity contribution in [3.05, 3.63) is 28.3 Å². The number of carbonyl (C=O) groups is 1. The summed E-state index contributed by atoms with van der Waals surface area (Å²) < 4.78 is 27.3. The normalized spacial score (nSPS) is 19.1. The summed E-state index contributed by atoms with van der Waals surface area (Å²) in [6.07, 6.45) is 6.06. The number of aliphatic hydroxyl groups is 1. The number of hydrogen-bond acceptors (Lipinski definition) is 5. The second-order valence-corrected chi connectivity index (χ2v) is 10.9. The zero-order chi connectivity index (χ0) is 20.1. The number of benzene rings is 1. The molecular formula is C20H29KN3O4S. The van der Waals surface area contributed by atoms with Crippen LogP contribution in [0.25, 0.3) is 0 Å². The Morgan fingerprint density at radius 1 is 1.14 bits per heavy atom. The molecule has 0 aromatic heterocycles. The molecule has 29 heavy (non-hydrogen) atoms. The minimum atomic E-state index is -3.74. The average molecular weight is 447 g/mol. The predicted octanol–water partition coefficient (Wildman–Crippen LogP) is 1.19. The van der Waals surface area contributed by atoms with Gasteiger partial charge in [-0.25, -0.2) is 17.9 Å². The van der Waals surface area contributed by atoms with Crippen molar-refractivity contribution in [1.82, 2.24) is 9.62 Å². The Labute approximate surface area is 215 Å². The monoisotopic (exact) mass is 446 g/mol. The van der Waals surface area contributed by atoms with Crippen molar-refractivity contribution < 1.29 is 18.3 Å². The standard InChI is InChI=1S/C20H29N3O4S.K/c1-20(2,25)12-23-10-15(11-23)28(26,27)22-19(24)21-18-16-7-3-5-13(16)9-14-6-4-8-17(14)18;/h9,15,25H,3-8,10-12H2,1-2H3,(H2,21,22,24);. The summed E-state index contributed by atoms with van der Waals surface area (Å²) >= 11 is 0. The van der Waals surface area contributed by atoms with Gasteiger partial charge in [-0.2, -0.15) is 0 Å². The summed E-state index contributed by atoms with van der Waals surface area (Å²) in [7, 11) is -3.74. The maximum Gasteiger partial charge on any atom is 0.332 e. The van der Waals surface area contributed by atoms with Crippen molar-refractivity contribution in [3.8, 4) is 0 Å². The van der Waals surface area contributed by atoms with Crippen LogP contribution in [0.3, 0.4) is 0 Å². The molecule has 2 aliphatic carbocycles. The molecule has 9 heteroatoms. The zero-order valence-electron chi connectivity index (χ0n) is 17.5. The molecule has 7 nitrogen and oxygen atoms in total. The van der Waals surface area contributed by atoms with Crippen molar-refractivity contribution in [2.24, 2.45) is 0 Å². The van der Waals surface area contributed by atoms with E-state index in [4.69, 9.17) is 0 Å². The van der Waals surface area contributed by atoms with E-state index in [0.717, 1.165) is 44.2 Å². The van der Waals surface area contributed by atoms with Crippen LogP contribution in [-0.4, -0.2) is 106 Å². The summed E-state index contributed by atoms with van der Waals surface area (Å²) in [6, 6.07) is 1.60. The fourth-order valence-corrected chi connectivity index (χ4v) is 6.00. The molecule has 1 aromatic rings. The SMILES string of the molecule is CC(C)(O)CN1CC(S(=O)(=O)NC(=O)Nc2c3c(cc4c2CCC4)CCC3)C1.[K]. The summed E-state index contributed by atoms with van der Waals surface area (Å²) in [4.78, 5) is 14.4. The quantitative estimate of drug-likeness (QED) is 0.590. The number of aryl methyl sites for hydroxylation is 2. The Morgan fingerprint density at radius 3 is 2.21 bits per heavy atom. The molecule has 2 amide bonds. The molecule has 4 rings (SSSR count). The Bertz CT molecular complexity index is 873. The Balaban J connectivity index is 0.00000240. The molecule has 1 saturated heterocycles. The van der Waals surface area contributed by atoms with Gasteiger partial charge in [0, 0.05) is 76.7 Å². The number of fused-ring (bicyclic) bond motifs is 2. The van der Waals surface area contributed by atoms with Gasteiger partial charge in [0.05, 0.1) is 5.60 Å². The van der Waals surface area contributed by atoms with E-state index in [1.165, 1.54) is 22.3 Å². The molecule has 0 saturated carbocycles. The van der Waals surface area contributed by atoms with Crippen LogP contribution in [0, 0.1) is 0 Å². The van der Waals surface area contributed by atoms with Crippen molar-refractivity contribution >= 4 is 73.1 Å². The first-order valence-corrected chi connectivity index (χ1v) is 11.6. The van der Waals surface area contributed by atoms with Crippen LogP contribution in [0.5, 0.6) is 0 Å². The van der Waals surface area contributed by atoms with Gasteiger partial charge in [-0.1, -0.05) is 6.07 Å². The number of nitrogens with zero attached hydrogens (tertiary/aromatic N) is 1. The van der Waals surface area contributed by atoms with Crippen LogP contribution >= 0.6 is 0 Å². The number of carbonyl (C=O) groups excluding carboxylic acids is 1. The predicted molar refractivity (Wildman–Crippen MR) is 114 cm³/mol. The zero-order valence-corrected chi connectivity index (χ0v) is 21.5. The topological polar surface area (TPSA) is 98.7 Å². The number of sulfonamides is 1. The van der Waals surface area contributed by atoms with Gasteiger partial charge in [0.15, 0.2) is 0 Å². The number of urea groups is 1. The van der Waals surface area contributed by atoms with E-state index in [1.54, 1.807) is 13.8 Å². The number of β-amino-alcohol motifs (C(OH)–C–C–N with tert-alkyl or cyclic N) is 1. The van der Waals surface area contributed by atoms with Crippen LogP contribution < -0.4 is 10.0 Å². The first-order valence-electron chi connectivity index (χ1n) is 10.1. The number of rotatable bonds is 5. The minimum absolute atomic E-state index is 0. The van der Waals surface area contributed by atoms with E-state index in [0.29, 0.717) is 19.6 Å². The third-order valence-corrected chi connectivity index (χ3v) is 7.57. The molecule has 0 spiro atoms. The maximum absolute atomic E-state index is 12.5. The molecule has 1 aromatic carbocycles. The minimum Gasteiger partial charge on any atom is -0.389 e. The van der Waals surface area contributed by atoms with Gasteiger partial charge >= 0.3 is 6.03 Å². The number of amides is 2. The second kappa shape index (κ2) is 8.86. The molecule has 1 fully saturated rings. The van der Waals surface area contributed by atoms with Crippen molar-refractivity contribution in [3.63, 3.8) is 0 Å². The molecule has 1 heterocycles. The molecule has 1 aliphatic heterocycles. The van der Waals surface area contributed by atoms with Gasteiger partial charge in [-0.05, 0) is 74.6 Å². The molecule has 1 radical (unpaired) electrons. The second-order valence-electron chi connectivity index (χ2n) is 8.96. The number of anilines is 1.